The smallest absolute Gasteiger partial charge is 0.331 e. The molecule has 2 heterocycles. The van der Waals surface area contributed by atoms with Crippen LogP contribution in [0.5, 0.6) is 0 Å². The lowest BCUT2D eigenvalue weighted by Crippen LogP contribution is -2.29. The number of carbonyl (C=O) groups excluding carboxylic acids is 2. The second kappa shape index (κ2) is 8.79. The fourth-order valence-electron chi connectivity index (χ4n) is 2.11. The van der Waals surface area contributed by atoms with Crippen LogP contribution < -0.4 is 5.32 Å². The summed E-state index contributed by atoms with van der Waals surface area (Å²) in [5, 5.41) is 4.95. The summed E-state index contributed by atoms with van der Waals surface area (Å²) in [5.41, 5.74) is 1.73. The Hall–Kier alpha value is -2.71. The third-order valence-electron chi connectivity index (χ3n) is 3.44. The molecule has 0 aliphatic heterocycles. The number of nitrogens with zero attached hydrogens (tertiary/aromatic N) is 1. The molecule has 0 radical (unpaired) electrons. The summed E-state index contributed by atoms with van der Waals surface area (Å²) in [6.45, 7) is 1.50. The number of halogens is 1. The molecule has 138 valence electrons. The van der Waals surface area contributed by atoms with Crippen LogP contribution in [0.15, 0.2) is 63.0 Å². The second-order valence-corrected chi connectivity index (χ2v) is 7.09. The molecule has 0 aliphatic rings. The van der Waals surface area contributed by atoms with Crippen molar-refractivity contribution in [2.45, 2.75) is 13.0 Å². The third kappa shape index (κ3) is 5.38. The van der Waals surface area contributed by atoms with Gasteiger partial charge in [-0.2, -0.15) is 0 Å². The van der Waals surface area contributed by atoms with Crippen LogP contribution in [0.25, 0.3) is 17.3 Å². The zero-order chi connectivity index (χ0) is 19.2. The number of carbonyl (C=O) groups is 2. The first kappa shape index (κ1) is 19.1. The van der Waals surface area contributed by atoms with Crippen molar-refractivity contribution in [1.82, 2.24) is 4.98 Å². The van der Waals surface area contributed by atoms with Gasteiger partial charge in [0.15, 0.2) is 15.9 Å². The van der Waals surface area contributed by atoms with E-state index in [-0.39, 0.29) is 0 Å². The van der Waals surface area contributed by atoms with Gasteiger partial charge < -0.3 is 9.15 Å². The SMILES string of the molecule is CC(OC(=O)/C=C/c1ccc(Br)o1)C(=O)Nc1nc(-c2ccccc2)cs1. The normalized spacial score (nSPS) is 12.1. The largest absolute Gasteiger partial charge is 0.450 e. The van der Waals surface area contributed by atoms with Crippen LogP contribution in [-0.4, -0.2) is 23.0 Å². The number of thiazole rings is 1. The number of benzene rings is 1. The summed E-state index contributed by atoms with van der Waals surface area (Å²) < 4.78 is 10.9. The van der Waals surface area contributed by atoms with E-state index < -0.39 is 18.0 Å². The summed E-state index contributed by atoms with van der Waals surface area (Å²) in [4.78, 5) is 28.4. The van der Waals surface area contributed by atoms with Crippen LogP contribution in [0.4, 0.5) is 5.13 Å². The number of hydrogen-bond acceptors (Lipinski definition) is 6. The summed E-state index contributed by atoms with van der Waals surface area (Å²) in [7, 11) is 0. The number of aromatic nitrogens is 1. The first-order valence-electron chi connectivity index (χ1n) is 7.97. The molecule has 2 aromatic heterocycles. The minimum Gasteiger partial charge on any atom is -0.450 e. The van der Waals surface area contributed by atoms with Crippen molar-refractivity contribution in [3.63, 3.8) is 0 Å². The fraction of sp³-hybridized carbons (Fsp3) is 0.105. The Bertz CT molecular complexity index is 965. The van der Waals surface area contributed by atoms with Crippen molar-refractivity contribution in [2.75, 3.05) is 5.32 Å². The number of ether oxygens (including phenoxy) is 1. The Morgan fingerprint density at radius 1 is 1.26 bits per heavy atom. The molecule has 3 rings (SSSR count). The first-order chi connectivity index (χ1) is 13.0. The molecule has 27 heavy (non-hydrogen) atoms. The molecule has 0 saturated carbocycles. The Morgan fingerprint density at radius 2 is 2.04 bits per heavy atom. The highest BCUT2D eigenvalue weighted by Gasteiger charge is 2.18. The van der Waals surface area contributed by atoms with Gasteiger partial charge in [-0.1, -0.05) is 30.3 Å². The van der Waals surface area contributed by atoms with Crippen LogP contribution in [0, 0.1) is 0 Å². The molecule has 6 nitrogen and oxygen atoms in total. The van der Waals surface area contributed by atoms with E-state index in [2.05, 4.69) is 26.2 Å². The molecule has 3 aromatic rings. The van der Waals surface area contributed by atoms with Gasteiger partial charge in [-0.15, -0.1) is 11.3 Å². The maximum Gasteiger partial charge on any atom is 0.331 e. The molecular weight excluding hydrogens is 432 g/mol. The van der Waals surface area contributed by atoms with Gasteiger partial charge in [0.25, 0.3) is 5.91 Å². The van der Waals surface area contributed by atoms with Gasteiger partial charge in [0.05, 0.1) is 5.69 Å². The standard InChI is InChI=1S/C19H15BrN2O4S/c1-12(25-17(23)10-8-14-7-9-16(20)26-14)18(24)22-19-21-15(11-27-19)13-5-3-2-4-6-13/h2-12H,1H3,(H,21,22,24)/b10-8+. The van der Waals surface area contributed by atoms with Gasteiger partial charge in [0, 0.05) is 17.0 Å². The molecule has 1 unspecified atom stereocenters. The Balaban J connectivity index is 1.54. The van der Waals surface area contributed by atoms with E-state index in [0.29, 0.717) is 15.6 Å². The van der Waals surface area contributed by atoms with E-state index in [1.807, 2.05) is 35.7 Å². The second-order valence-electron chi connectivity index (χ2n) is 5.45. The molecule has 1 amide bonds. The zero-order valence-electron chi connectivity index (χ0n) is 14.2. The Labute approximate surface area is 168 Å². The van der Waals surface area contributed by atoms with Crippen LogP contribution in [-0.2, 0) is 14.3 Å². The van der Waals surface area contributed by atoms with E-state index in [9.17, 15) is 9.59 Å². The first-order valence-corrected chi connectivity index (χ1v) is 9.64. The lowest BCUT2D eigenvalue weighted by Gasteiger charge is -2.10. The lowest BCUT2D eigenvalue weighted by molar-refractivity contribution is -0.148. The molecule has 0 bridgehead atoms. The summed E-state index contributed by atoms with van der Waals surface area (Å²) in [5.74, 6) is -0.604. The number of hydrogen-bond donors (Lipinski definition) is 1. The maximum absolute atomic E-state index is 12.2. The summed E-state index contributed by atoms with van der Waals surface area (Å²) >= 11 is 4.48. The Kier molecular flexibility index (Phi) is 6.20. The van der Waals surface area contributed by atoms with E-state index in [0.717, 1.165) is 11.3 Å². The van der Waals surface area contributed by atoms with Gasteiger partial charge in [0.1, 0.15) is 5.76 Å². The van der Waals surface area contributed by atoms with Gasteiger partial charge in [-0.05, 0) is 41.1 Å². The predicted molar refractivity (Wildman–Crippen MR) is 107 cm³/mol. The molecule has 0 fully saturated rings. The number of amides is 1. The molecule has 1 N–H and O–H groups in total. The number of nitrogens with one attached hydrogen (secondary N) is 1. The molecular formula is C19H15BrN2O4S. The highest BCUT2D eigenvalue weighted by molar-refractivity contribution is 9.10. The highest BCUT2D eigenvalue weighted by atomic mass is 79.9. The maximum atomic E-state index is 12.2. The number of furan rings is 1. The van der Waals surface area contributed by atoms with Crippen LogP contribution >= 0.6 is 27.3 Å². The zero-order valence-corrected chi connectivity index (χ0v) is 16.6. The number of anilines is 1. The topological polar surface area (TPSA) is 81.4 Å². The van der Waals surface area contributed by atoms with E-state index in [4.69, 9.17) is 9.15 Å². The van der Waals surface area contributed by atoms with Crippen molar-refractivity contribution in [1.29, 1.82) is 0 Å². The molecule has 8 heteroatoms. The third-order valence-corrected chi connectivity index (χ3v) is 4.63. The Morgan fingerprint density at radius 3 is 2.74 bits per heavy atom. The van der Waals surface area contributed by atoms with Crippen LogP contribution in [0.2, 0.25) is 0 Å². The molecule has 0 aliphatic carbocycles. The van der Waals surface area contributed by atoms with Gasteiger partial charge in [-0.25, -0.2) is 9.78 Å². The van der Waals surface area contributed by atoms with E-state index in [1.165, 1.54) is 30.4 Å². The number of esters is 1. The monoisotopic (exact) mass is 446 g/mol. The lowest BCUT2D eigenvalue weighted by atomic mass is 10.2. The van der Waals surface area contributed by atoms with Crippen molar-refractivity contribution >= 4 is 50.4 Å². The minimum absolute atomic E-state index is 0.442. The van der Waals surface area contributed by atoms with Crippen molar-refractivity contribution < 1.29 is 18.7 Å². The fourth-order valence-corrected chi connectivity index (χ4v) is 3.16. The minimum atomic E-state index is -0.963. The van der Waals surface area contributed by atoms with E-state index in [1.54, 1.807) is 12.1 Å². The quantitative estimate of drug-likeness (QED) is 0.436. The van der Waals surface area contributed by atoms with Crippen LogP contribution in [0.3, 0.4) is 0 Å². The van der Waals surface area contributed by atoms with Crippen molar-refractivity contribution in [3.8, 4) is 11.3 Å². The highest BCUT2D eigenvalue weighted by Crippen LogP contribution is 2.24. The molecule has 1 aromatic carbocycles. The van der Waals surface area contributed by atoms with Crippen molar-refractivity contribution in [2.24, 2.45) is 0 Å². The molecule has 0 saturated heterocycles. The van der Waals surface area contributed by atoms with E-state index >= 15 is 0 Å². The average Bonchev–Trinajstić information content (AvgIpc) is 3.29. The number of rotatable bonds is 6. The van der Waals surface area contributed by atoms with Gasteiger partial charge >= 0.3 is 5.97 Å². The average molecular weight is 447 g/mol. The molecule has 1 atom stereocenters. The van der Waals surface area contributed by atoms with Gasteiger partial charge in [-0.3, -0.25) is 10.1 Å². The van der Waals surface area contributed by atoms with Gasteiger partial charge in [0.2, 0.25) is 0 Å². The predicted octanol–water partition coefficient (Wildman–Crippen LogP) is 4.75. The molecule has 0 spiro atoms. The summed E-state index contributed by atoms with van der Waals surface area (Å²) in [6, 6.07) is 13.0. The van der Waals surface area contributed by atoms with Crippen LogP contribution in [0.1, 0.15) is 12.7 Å². The van der Waals surface area contributed by atoms with Crippen molar-refractivity contribution in [3.05, 3.63) is 64.4 Å². The summed E-state index contributed by atoms with van der Waals surface area (Å²) in [6.07, 6.45) is 1.70.